The fourth-order valence-corrected chi connectivity index (χ4v) is 5.31. The van der Waals surface area contributed by atoms with Crippen LogP contribution in [0.5, 0.6) is 5.75 Å². The minimum Gasteiger partial charge on any atom is -0.497 e. The van der Waals surface area contributed by atoms with Gasteiger partial charge in [-0.1, -0.05) is 24.3 Å². The molecule has 0 spiro atoms. The van der Waals surface area contributed by atoms with E-state index in [1.165, 1.54) is 27.8 Å². The number of aliphatic hydroxyl groups is 1. The maximum absolute atomic E-state index is 10.5. The summed E-state index contributed by atoms with van der Waals surface area (Å²) in [5.41, 5.74) is 6.27. The Balaban J connectivity index is 1.31. The molecule has 1 atom stereocenters. The van der Waals surface area contributed by atoms with Crippen LogP contribution in [0.4, 0.5) is 5.69 Å². The van der Waals surface area contributed by atoms with Gasteiger partial charge in [0.15, 0.2) is 0 Å². The third-order valence-electron chi connectivity index (χ3n) is 7.45. The molecule has 0 bridgehead atoms. The summed E-state index contributed by atoms with van der Waals surface area (Å²) in [6.45, 7) is 2.09. The fourth-order valence-electron chi connectivity index (χ4n) is 5.31. The van der Waals surface area contributed by atoms with Crippen molar-refractivity contribution in [3.05, 3.63) is 65.4 Å². The maximum Gasteiger partial charge on any atom is 0.119 e. The van der Waals surface area contributed by atoms with Gasteiger partial charge in [-0.05, 0) is 105 Å². The van der Waals surface area contributed by atoms with Gasteiger partial charge in [-0.25, -0.2) is 0 Å². The van der Waals surface area contributed by atoms with Gasteiger partial charge in [0.1, 0.15) is 5.75 Å². The minimum absolute atomic E-state index is 0.146. The van der Waals surface area contributed by atoms with E-state index < -0.39 is 0 Å². The Kier molecular flexibility index (Phi) is 9.00. The molecule has 4 rings (SSSR count). The van der Waals surface area contributed by atoms with Crippen LogP contribution >= 0.6 is 0 Å². The number of anilines is 1. The molecule has 1 aromatic heterocycles. The molecule has 5 nitrogen and oxygen atoms in total. The SMILES string of the molecule is COc1ccc2ncc(N(C)C)c(CCCc3ccc(CCCC(O)C4CCNCC4)cc3)c2c1. The van der Waals surface area contributed by atoms with Gasteiger partial charge < -0.3 is 20.1 Å². The molecule has 2 N–H and O–H groups in total. The number of fused-ring (bicyclic) bond motifs is 1. The van der Waals surface area contributed by atoms with E-state index in [0.717, 1.165) is 75.7 Å². The van der Waals surface area contributed by atoms with Gasteiger partial charge in [0.2, 0.25) is 0 Å². The van der Waals surface area contributed by atoms with Gasteiger partial charge >= 0.3 is 0 Å². The lowest BCUT2D eigenvalue weighted by Gasteiger charge is -2.27. The van der Waals surface area contributed by atoms with Gasteiger partial charge in [-0.15, -0.1) is 0 Å². The van der Waals surface area contributed by atoms with E-state index >= 15 is 0 Å². The van der Waals surface area contributed by atoms with Crippen LogP contribution in [0.1, 0.15) is 48.8 Å². The van der Waals surface area contributed by atoms with Gasteiger partial charge in [-0.3, -0.25) is 4.98 Å². The van der Waals surface area contributed by atoms with E-state index in [1.54, 1.807) is 7.11 Å². The zero-order valence-corrected chi connectivity index (χ0v) is 21.6. The summed E-state index contributed by atoms with van der Waals surface area (Å²) >= 11 is 0. The molecule has 2 heterocycles. The molecule has 1 unspecified atom stereocenters. The van der Waals surface area contributed by atoms with Crippen molar-refractivity contribution in [2.24, 2.45) is 5.92 Å². The number of pyridine rings is 1. The number of hydrogen-bond acceptors (Lipinski definition) is 5. The van der Waals surface area contributed by atoms with E-state index in [4.69, 9.17) is 4.74 Å². The Hall–Kier alpha value is -2.63. The number of nitrogens with zero attached hydrogens (tertiary/aromatic N) is 2. The highest BCUT2D eigenvalue weighted by Crippen LogP contribution is 2.30. The summed E-state index contributed by atoms with van der Waals surface area (Å²) < 4.78 is 5.48. The second-order valence-corrected chi connectivity index (χ2v) is 10.1. The van der Waals surface area contributed by atoms with Crippen LogP contribution in [0.3, 0.4) is 0 Å². The average Bonchev–Trinajstić information content (AvgIpc) is 2.89. The summed E-state index contributed by atoms with van der Waals surface area (Å²) in [6.07, 6.45) is 10.2. The van der Waals surface area contributed by atoms with Gasteiger partial charge in [0.05, 0.1) is 30.6 Å². The fraction of sp³-hybridized carbons (Fsp3) is 0.500. The summed E-state index contributed by atoms with van der Waals surface area (Å²) in [7, 11) is 5.87. The third kappa shape index (κ3) is 6.74. The topological polar surface area (TPSA) is 57.6 Å². The summed E-state index contributed by atoms with van der Waals surface area (Å²) in [6, 6.07) is 15.2. The van der Waals surface area contributed by atoms with Crippen LogP contribution in [0.2, 0.25) is 0 Å². The molecule has 0 amide bonds. The van der Waals surface area contributed by atoms with E-state index in [9.17, 15) is 5.11 Å². The Labute approximate surface area is 210 Å². The predicted octanol–water partition coefficient (Wildman–Crippen LogP) is 5.17. The van der Waals surface area contributed by atoms with Crippen LogP contribution in [-0.4, -0.2) is 50.5 Å². The highest BCUT2D eigenvalue weighted by atomic mass is 16.5. The minimum atomic E-state index is -0.146. The molecule has 1 aliphatic rings. The van der Waals surface area contributed by atoms with Crippen LogP contribution in [0.15, 0.2) is 48.7 Å². The van der Waals surface area contributed by atoms with E-state index in [1.807, 2.05) is 18.3 Å². The molecule has 0 radical (unpaired) electrons. The number of aromatic nitrogens is 1. The van der Waals surface area contributed by atoms with Crippen molar-refractivity contribution in [2.45, 2.75) is 57.5 Å². The molecule has 35 heavy (non-hydrogen) atoms. The van der Waals surface area contributed by atoms with Crippen molar-refractivity contribution in [1.82, 2.24) is 10.3 Å². The third-order valence-corrected chi connectivity index (χ3v) is 7.45. The number of benzene rings is 2. The quantitative estimate of drug-likeness (QED) is 0.401. The van der Waals surface area contributed by atoms with Crippen molar-refractivity contribution in [2.75, 3.05) is 39.2 Å². The van der Waals surface area contributed by atoms with Gasteiger partial charge in [0, 0.05) is 19.5 Å². The zero-order valence-electron chi connectivity index (χ0n) is 21.6. The first-order valence-electron chi connectivity index (χ1n) is 13.1. The monoisotopic (exact) mass is 475 g/mol. The van der Waals surface area contributed by atoms with E-state index in [-0.39, 0.29) is 6.10 Å². The zero-order chi connectivity index (χ0) is 24.6. The molecule has 1 aliphatic heterocycles. The number of nitrogens with one attached hydrogen (secondary N) is 1. The number of piperidine rings is 1. The number of methoxy groups -OCH3 is 1. The maximum atomic E-state index is 10.5. The van der Waals surface area contributed by atoms with E-state index in [2.05, 4.69) is 59.6 Å². The number of ether oxygens (including phenoxy) is 1. The molecular formula is C30H41N3O2. The lowest BCUT2D eigenvalue weighted by atomic mass is 9.89. The first-order valence-corrected chi connectivity index (χ1v) is 13.1. The first-order chi connectivity index (χ1) is 17.0. The number of hydrogen-bond donors (Lipinski definition) is 2. The number of aryl methyl sites for hydroxylation is 3. The van der Waals surface area contributed by atoms with Crippen molar-refractivity contribution in [3.8, 4) is 5.75 Å². The Morgan fingerprint density at radius 3 is 2.34 bits per heavy atom. The second-order valence-electron chi connectivity index (χ2n) is 10.1. The smallest absolute Gasteiger partial charge is 0.119 e. The molecule has 188 valence electrons. The Morgan fingerprint density at radius 1 is 1.00 bits per heavy atom. The molecule has 3 aromatic rings. The lowest BCUT2D eigenvalue weighted by Crippen LogP contribution is -2.34. The summed E-state index contributed by atoms with van der Waals surface area (Å²) in [5.74, 6) is 1.35. The average molecular weight is 476 g/mol. The van der Waals surface area contributed by atoms with Crippen molar-refractivity contribution >= 4 is 16.6 Å². The predicted molar refractivity (Wildman–Crippen MR) is 146 cm³/mol. The van der Waals surface area contributed by atoms with Crippen LogP contribution in [-0.2, 0) is 19.3 Å². The van der Waals surface area contributed by atoms with Crippen molar-refractivity contribution < 1.29 is 9.84 Å². The molecule has 1 saturated heterocycles. The normalized spacial score (nSPS) is 15.3. The Bertz CT molecular complexity index is 1070. The molecule has 0 saturated carbocycles. The molecule has 0 aliphatic carbocycles. The van der Waals surface area contributed by atoms with Crippen molar-refractivity contribution in [1.29, 1.82) is 0 Å². The summed E-state index contributed by atoms with van der Waals surface area (Å²) in [5, 5.41) is 15.1. The van der Waals surface area contributed by atoms with Gasteiger partial charge in [-0.2, -0.15) is 0 Å². The van der Waals surface area contributed by atoms with E-state index in [0.29, 0.717) is 5.92 Å². The standard InChI is InChI=1S/C30H41N3O2/c1-33(2)29-21-32-28-15-14-25(35-3)20-27(28)26(29)8-4-6-22-10-12-23(13-11-22)7-5-9-30(34)24-16-18-31-19-17-24/h10-15,20-21,24,30-31,34H,4-9,16-19H2,1-3H3. The first kappa shape index (κ1) is 25.5. The van der Waals surface area contributed by atoms with Crippen LogP contribution < -0.4 is 15.0 Å². The largest absolute Gasteiger partial charge is 0.497 e. The van der Waals surface area contributed by atoms with Gasteiger partial charge in [0.25, 0.3) is 0 Å². The molecule has 1 fully saturated rings. The molecule has 2 aromatic carbocycles. The van der Waals surface area contributed by atoms with Crippen molar-refractivity contribution in [3.63, 3.8) is 0 Å². The lowest BCUT2D eigenvalue weighted by molar-refractivity contribution is 0.0793. The highest BCUT2D eigenvalue weighted by Gasteiger charge is 2.20. The Morgan fingerprint density at radius 2 is 1.69 bits per heavy atom. The molecule has 5 heteroatoms. The molecular weight excluding hydrogens is 434 g/mol. The van der Waals surface area contributed by atoms with Crippen LogP contribution in [0.25, 0.3) is 10.9 Å². The highest BCUT2D eigenvalue weighted by molar-refractivity contribution is 5.88. The second kappa shape index (κ2) is 12.4. The number of rotatable bonds is 11. The number of aliphatic hydroxyl groups excluding tert-OH is 1. The van der Waals surface area contributed by atoms with Crippen LogP contribution in [0, 0.1) is 5.92 Å². The summed E-state index contributed by atoms with van der Waals surface area (Å²) in [4.78, 5) is 6.81.